The number of rotatable bonds is 5. The van der Waals surface area contributed by atoms with Crippen LogP contribution >= 0.6 is 0 Å². The first kappa shape index (κ1) is 17.9. The first-order valence-electron chi connectivity index (χ1n) is 9.09. The van der Waals surface area contributed by atoms with E-state index in [1.807, 2.05) is 0 Å². The normalized spacial score (nSPS) is 26.2. The van der Waals surface area contributed by atoms with Crippen LogP contribution in [0.4, 0.5) is 0 Å². The van der Waals surface area contributed by atoms with E-state index in [0.717, 1.165) is 19.5 Å². The fourth-order valence-electron chi connectivity index (χ4n) is 4.34. The average Bonchev–Trinajstić information content (AvgIpc) is 3.03. The zero-order valence-corrected chi connectivity index (χ0v) is 15.4. The highest BCUT2D eigenvalue weighted by molar-refractivity contribution is 5.80. The lowest BCUT2D eigenvalue weighted by atomic mass is 9.81. The van der Waals surface area contributed by atoms with Gasteiger partial charge in [0, 0.05) is 45.6 Å². The van der Waals surface area contributed by atoms with Crippen LogP contribution < -0.4 is 0 Å². The number of benzene rings is 1. The Hall–Kier alpha value is -1.88. The van der Waals surface area contributed by atoms with Crippen LogP contribution in [0, 0.1) is 17.3 Å². The summed E-state index contributed by atoms with van der Waals surface area (Å²) in [5.41, 5.74) is 1.76. The molecule has 5 nitrogen and oxygen atoms in total. The summed E-state index contributed by atoms with van der Waals surface area (Å²) >= 11 is 0. The SMILES string of the molecule is CC(=O)N1C[C@H]2CN(Cc3ccc(CC(C)C)cc3)C[C@@]2(C(=O)O)C1. The minimum Gasteiger partial charge on any atom is -0.481 e. The van der Waals surface area contributed by atoms with Crippen molar-refractivity contribution in [2.75, 3.05) is 26.2 Å². The Bertz CT molecular complexity index is 655. The van der Waals surface area contributed by atoms with E-state index in [1.54, 1.807) is 4.90 Å². The van der Waals surface area contributed by atoms with Gasteiger partial charge in [-0.1, -0.05) is 38.1 Å². The third kappa shape index (κ3) is 3.56. The average molecular weight is 344 g/mol. The Kier molecular flexibility index (Phi) is 4.87. The Labute approximate surface area is 149 Å². The maximum atomic E-state index is 12.0. The van der Waals surface area contributed by atoms with Gasteiger partial charge in [0.25, 0.3) is 0 Å². The van der Waals surface area contributed by atoms with Gasteiger partial charge in [0.1, 0.15) is 5.41 Å². The van der Waals surface area contributed by atoms with E-state index in [2.05, 4.69) is 43.0 Å². The zero-order valence-electron chi connectivity index (χ0n) is 15.4. The Morgan fingerprint density at radius 1 is 1.16 bits per heavy atom. The van der Waals surface area contributed by atoms with Crippen molar-refractivity contribution >= 4 is 11.9 Å². The van der Waals surface area contributed by atoms with E-state index >= 15 is 0 Å². The maximum absolute atomic E-state index is 12.0. The fourth-order valence-corrected chi connectivity index (χ4v) is 4.34. The molecule has 2 saturated heterocycles. The summed E-state index contributed by atoms with van der Waals surface area (Å²) in [5, 5.41) is 9.81. The summed E-state index contributed by atoms with van der Waals surface area (Å²) in [6.07, 6.45) is 1.08. The molecule has 2 aliphatic rings. The van der Waals surface area contributed by atoms with Gasteiger partial charge in [-0.15, -0.1) is 0 Å². The number of aliphatic carboxylic acids is 1. The molecule has 1 amide bonds. The number of hydrogen-bond acceptors (Lipinski definition) is 3. The van der Waals surface area contributed by atoms with Crippen LogP contribution in [0.25, 0.3) is 0 Å². The molecule has 2 heterocycles. The quantitative estimate of drug-likeness (QED) is 0.890. The molecule has 0 spiro atoms. The third-order valence-corrected chi connectivity index (χ3v) is 5.62. The molecule has 2 fully saturated rings. The number of fused-ring (bicyclic) bond motifs is 1. The van der Waals surface area contributed by atoms with Crippen LogP contribution in [0.15, 0.2) is 24.3 Å². The predicted octanol–water partition coefficient (Wildman–Crippen LogP) is 2.25. The highest BCUT2D eigenvalue weighted by Crippen LogP contribution is 2.43. The number of carboxylic acid groups (broad SMARTS) is 1. The molecule has 136 valence electrons. The number of nitrogens with zero attached hydrogens (tertiary/aromatic N) is 2. The van der Waals surface area contributed by atoms with Gasteiger partial charge < -0.3 is 10.0 Å². The third-order valence-electron chi connectivity index (χ3n) is 5.62. The smallest absolute Gasteiger partial charge is 0.313 e. The van der Waals surface area contributed by atoms with Crippen molar-refractivity contribution < 1.29 is 14.7 Å². The molecule has 25 heavy (non-hydrogen) atoms. The maximum Gasteiger partial charge on any atom is 0.313 e. The monoisotopic (exact) mass is 344 g/mol. The van der Waals surface area contributed by atoms with Crippen molar-refractivity contribution in [1.29, 1.82) is 0 Å². The largest absolute Gasteiger partial charge is 0.481 e. The minimum atomic E-state index is -0.802. The Morgan fingerprint density at radius 3 is 2.32 bits per heavy atom. The molecular weight excluding hydrogens is 316 g/mol. The number of likely N-dealkylation sites (tertiary alicyclic amines) is 2. The summed E-state index contributed by atoms with van der Waals surface area (Å²) in [6, 6.07) is 8.66. The van der Waals surface area contributed by atoms with Gasteiger partial charge in [0.05, 0.1) is 0 Å². The molecule has 0 bridgehead atoms. The van der Waals surface area contributed by atoms with Gasteiger partial charge in [0.2, 0.25) is 5.91 Å². The summed E-state index contributed by atoms with van der Waals surface area (Å²) < 4.78 is 0. The lowest BCUT2D eigenvalue weighted by molar-refractivity contribution is -0.149. The zero-order chi connectivity index (χ0) is 18.2. The number of carboxylic acids is 1. The molecule has 1 N–H and O–H groups in total. The van der Waals surface area contributed by atoms with Gasteiger partial charge in [-0.25, -0.2) is 0 Å². The second kappa shape index (κ2) is 6.79. The van der Waals surface area contributed by atoms with E-state index in [0.29, 0.717) is 25.6 Å². The van der Waals surface area contributed by atoms with E-state index in [9.17, 15) is 14.7 Å². The summed E-state index contributed by atoms with van der Waals surface area (Å²) in [7, 11) is 0. The second-order valence-electron chi connectivity index (χ2n) is 8.14. The van der Waals surface area contributed by atoms with E-state index in [-0.39, 0.29) is 11.8 Å². The van der Waals surface area contributed by atoms with Gasteiger partial charge in [-0.2, -0.15) is 0 Å². The van der Waals surface area contributed by atoms with E-state index < -0.39 is 11.4 Å². The van der Waals surface area contributed by atoms with Crippen molar-refractivity contribution in [2.24, 2.45) is 17.3 Å². The molecule has 5 heteroatoms. The minimum absolute atomic E-state index is 0.0223. The van der Waals surface area contributed by atoms with Crippen molar-refractivity contribution in [3.8, 4) is 0 Å². The molecule has 1 aromatic carbocycles. The van der Waals surface area contributed by atoms with Crippen molar-refractivity contribution in [3.05, 3.63) is 35.4 Å². The first-order chi connectivity index (χ1) is 11.8. The van der Waals surface area contributed by atoms with Gasteiger partial charge in [0.15, 0.2) is 0 Å². The van der Waals surface area contributed by atoms with Gasteiger partial charge in [-0.3, -0.25) is 14.5 Å². The van der Waals surface area contributed by atoms with Crippen LogP contribution in [-0.2, 0) is 22.6 Å². The lowest BCUT2D eigenvalue weighted by Gasteiger charge is -2.25. The van der Waals surface area contributed by atoms with Gasteiger partial charge >= 0.3 is 5.97 Å². The molecule has 3 rings (SSSR count). The lowest BCUT2D eigenvalue weighted by Crippen LogP contribution is -2.41. The fraction of sp³-hybridized carbons (Fsp3) is 0.600. The Balaban J connectivity index is 1.66. The number of hydrogen-bond donors (Lipinski definition) is 1. The Morgan fingerprint density at radius 2 is 1.80 bits per heavy atom. The van der Waals surface area contributed by atoms with Crippen LogP contribution in [0.2, 0.25) is 0 Å². The van der Waals surface area contributed by atoms with Crippen molar-refractivity contribution in [2.45, 2.75) is 33.7 Å². The van der Waals surface area contributed by atoms with E-state index in [1.165, 1.54) is 18.1 Å². The van der Waals surface area contributed by atoms with Crippen LogP contribution in [0.5, 0.6) is 0 Å². The molecule has 0 aliphatic carbocycles. The van der Waals surface area contributed by atoms with Crippen LogP contribution in [0.3, 0.4) is 0 Å². The molecule has 1 aromatic rings. The van der Waals surface area contributed by atoms with E-state index in [4.69, 9.17) is 0 Å². The van der Waals surface area contributed by atoms with Crippen LogP contribution in [0.1, 0.15) is 31.9 Å². The molecule has 0 radical (unpaired) electrons. The number of amides is 1. The summed E-state index contributed by atoms with van der Waals surface area (Å²) in [5.74, 6) is -0.129. The molecule has 0 saturated carbocycles. The molecule has 0 unspecified atom stereocenters. The van der Waals surface area contributed by atoms with Crippen LogP contribution in [-0.4, -0.2) is 53.0 Å². The topological polar surface area (TPSA) is 60.9 Å². The summed E-state index contributed by atoms with van der Waals surface area (Å²) in [4.78, 5) is 27.5. The highest BCUT2D eigenvalue weighted by Gasteiger charge is 2.57. The molecule has 2 aliphatic heterocycles. The molecule has 2 atom stereocenters. The van der Waals surface area contributed by atoms with Crippen molar-refractivity contribution in [3.63, 3.8) is 0 Å². The van der Waals surface area contributed by atoms with Gasteiger partial charge in [-0.05, 0) is 23.5 Å². The predicted molar refractivity (Wildman–Crippen MR) is 96.1 cm³/mol. The second-order valence-corrected chi connectivity index (χ2v) is 8.14. The molecular formula is C20H28N2O3. The highest BCUT2D eigenvalue weighted by atomic mass is 16.4. The number of carbonyl (C=O) groups is 2. The standard InChI is InChI=1S/C20H28N2O3/c1-14(2)8-16-4-6-17(7-5-16)9-21-10-18-11-22(15(3)23)13-20(18,12-21)19(24)25/h4-7,14,18H,8-13H2,1-3H3,(H,24,25)/t18-,20-/m1/s1. The number of carbonyl (C=O) groups excluding carboxylic acids is 1. The first-order valence-corrected chi connectivity index (χ1v) is 9.09. The molecule has 0 aromatic heterocycles. The summed E-state index contributed by atoms with van der Waals surface area (Å²) in [6.45, 7) is 8.88. The van der Waals surface area contributed by atoms with Crippen molar-refractivity contribution in [1.82, 2.24) is 9.80 Å².